The lowest BCUT2D eigenvalue weighted by Gasteiger charge is -2.37. The van der Waals surface area contributed by atoms with Crippen LogP contribution in [-0.2, 0) is 4.74 Å². The first-order valence-electron chi connectivity index (χ1n) is 8.40. The summed E-state index contributed by atoms with van der Waals surface area (Å²) < 4.78 is 4.88. The molecule has 1 amide bonds. The van der Waals surface area contributed by atoms with E-state index in [1.165, 1.54) is 32.8 Å². The van der Waals surface area contributed by atoms with Gasteiger partial charge in [0, 0.05) is 25.7 Å². The van der Waals surface area contributed by atoms with Gasteiger partial charge in [0.05, 0.1) is 7.11 Å². The first-order valence-corrected chi connectivity index (χ1v) is 8.40. The highest BCUT2D eigenvalue weighted by Gasteiger charge is 2.30. The topological polar surface area (TPSA) is 61.8 Å². The van der Waals surface area contributed by atoms with Crippen molar-refractivity contribution >= 4 is 6.09 Å². The Labute approximate surface area is 128 Å². The van der Waals surface area contributed by atoms with Crippen LogP contribution >= 0.6 is 0 Å². The molecule has 0 bridgehead atoms. The van der Waals surface area contributed by atoms with Crippen molar-refractivity contribution in [3.8, 4) is 0 Å². The zero-order valence-corrected chi connectivity index (χ0v) is 13.2. The highest BCUT2D eigenvalue weighted by Crippen LogP contribution is 2.25. The second-order valence-electron chi connectivity index (χ2n) is 6.60. The molecule has 2 N–H and O–H groups in total. The van der Waals surface area contributed by atoms with Crippen LogP contribution in [0.25, 0.3) is 0 Å². The molecule has 0 aromatic heterocycles. The van der Waals surface area contributed by atoms with Crippen molar-refractivity contribution in [2.45, 2.75) is 51.0 Å². The minimum atomic E-state index is -0.226. The number of amides is 1. The van der Waals surface area contributed by atoms with E-state index in [-0.39, 0.29) is 12.7 Å². The predicted octanol–water partition coefficient (Wildman–Crippen LogP) is 2.00. The largest absolute Gasteiger partial charge is 0.453 e. The maximum atomic E-state index is 11.8. The molecule has 0 radical (unpaired) electrons. The summed E-state index contributed by atoms with van der Waals surface area (Å²) in [5.74, 6) is 1.28. The quantitative estimate of drug-likeness (QED) is 0.787. The maximum Gasteiger partial charge on any atom is 0.409 e. The van der Waals surface area contributed by atoms with Crippen molar-refractivity contribution in [3.63, 3.8) is 0 Å². The molecule has 122 valence electrons. The van der Waals surface area contributed by atoms with E-state index in [2.05, 4.69) is 5.32 Å². The van der Waals surface area contributed by atoms with E-state index in [1.807, 2.05) is 4.90 Å². The Kier molecular flexibility index (Phi) is 6.77. The molecule has 5 nitrogen and oxygen atoms in total. The van der Waals surface area contributed by atoms with Crippen molar-refractivity contribution in [2.75, 3.05) is 33.4 Å². The third-order valence-electron chi connectivity index (χ3n) is 4.91. The average Bonchev–Trinajstić information content (AvgIpc) is 3.03. The number of hydrogen-bond donors (Lipinski definition) is 2. The zero-order valence-electron chi connectivity index (χ0n) is 13.2. The molecule has 0 aromatic rings. The first-order chi connectivity index (χ1) is 10.2. The number of carbonyl (C=O) groups excluding carboxylic acids is 1. The number of rotatable bonds is 6. The molecule has 1 heterocycles. The lowest BCUT2D eigenvalue weighted by molar-refractivity contribution is 0.0867. The Morgan fingerprint density at radius 2 is 2.05 bits per heavy atom. The summed E-state index contributed by atoms with van der Waals surface area (Å²) in [4.78, 5) is 13.6. The lowest BCUT2D eigenvalue weighted by atomic mass is 9.90. The summed E-state index contributed by atoms with van der Waals surface area (Å²) in [6.45, 7) is 2.81. The van der Waals surface area contributed by atoms with Gasteiger partial charge < -0.3 is 20.1 Å². The van der Waals surface area contributed by atoms with Gasteiger partial charge in [-0.1, -0.05) is 12.8 Å². The van der Waals surface area contributed by atoms with Crippen LogP contribution in [0.2, 0.25) is 0 Å². The highest BCUT2D eigenvalue weighted by molar-refractivity contribution is 5.67. The number of likely N-dealkylation sites (tertiary alicyclic amines) is 1. The summed E-state index contributed by atoms with van der Waals surface area (Å²) in [6.07, 6.45) is 8.08. The Morgan fingerprint density at radius 1 is 1.29 bits per heavy atom. The van der Waals surface area contributed by atoms with Gasteiger partial charge in [-0.2, -0.15) is 0 Å². The molecule has 2 aliphatic rings. The van der Waals surface area contributed by atoms with Gasteiger partial charge in [-0.25, -0.2) is 4.79 Å². The third-order valence-corrected chi connectivity index (χ3v) is 4.91. The van der Waals surface area contributed by atoms with E-state index in [4.69, 9.17) is 9.84 Å². The minimum Gasteiger partial charge on any atom is -0.453 e. The maximum absolute atomic E-state index is 11.8. The van der Waals surface area contributed by atoms with Crippen LogP contribution in [0.3, 0.4) is 0 Å². The molecule has 1 aliphatic heterocycles. The Bertz CT molecular complexity index is 319. The Morgan fingerprint density at radius 3 is 2.71 bits per heavy atom. The lowest BCUT2D eigenvalue weighted by Crippen LogP contribution is -2.52. The molecular formula is C16H30N2O3. The second-order valence-corrected chi connectivity index (χ2v) is 6.60. The molecule has 1 saturated heterocycles. The monoisotopic (exact) mass is 298 g/mol. The number of hydrogen-bond acceptors (Lipinski definition) is 4. The van der Waals surface area contributed by atoms with Crippen LogP contribution in [-0.4, -0.2) is 55.5 Å². The zero-order chi connectivity index (χ0) is 15.1. The molecular weight excluding hydrogens is 268 g/mol. The van der Waals surface area contributed by atoms with E-state index in [9.17, 15) is 4.79 Å². The van der Waals surface area contributed by atoms with E-state index in [1.54, 1.807) is 0 Å². The van der Waals surface area contributed by atoms with Crippen LogP contribution < -0.4 is 5.32 Å². The molecule has 21 heavy (non-hydrogen) atoms. The minimum absolute atomic E-state index is 0.226. The highest BCUT2D eigenvalue weighted by atomic mass is 16.5. The Balaban J connectivity index is 1.83. The fourth-order valence-electron chi connectivity index (χ4n) is 3.77. The number of piperidine rings is 1. The summed E-state index contributed by atoms with van der Waals surface area (Å²) in [5, 5.41) is 12.7. The van der Waals surface area contributed by atoms with Crippen molar-refractivity contribution in [2.24, 2.45) is 11.8 Å². The fraction of sp³-hybridized carbons (Fsp3) is 0.938. The standard InChI is InChI=1S/C16H30N2O3/c1-21-16(20)18-11-14(7-4-8-19)9-15(12-18)17-10-13-5-2-3-6-13/h13-15,17,19H,2-12H2,1H3. The molecule has 2 rings (SSSR count). The van der Waals surface area contributed by atoms with Crippen LogP contribution in [0.4, 0.5) is 4.79 Å². The second kappa shape index (κ2) is 8.59. The molecule has 0 spiro atoms. The van der Waals surface area contributed by atoms with Gasteiger partial charge in [-0.15, -0.1) is 0 Å². The first kappa shape index (κ1) is 16.6. The van der Waals surface area contributed by atoms with Gasteiger partial charge in [0.1, 0.15) is 0 Å². The summed E-state index contributed by atoms with van der Waals surface area (Å²) in [7, 11) is 1.45. The molecule has 1 aliphatic carbocycles. The molecule has 1 saturated carbocycles. The summed E-state index contributed by atoms with van der Waals surface area (Å²) in [6, 6.07) is 0.363. The number of nitrogens with one attached hydrogen (secondary N) is 1. The molecule has 0 aromatic carbocycles. The van der Waals surface area contributed by atoms with Crippen LogP contribution in [0.15, 0.2) is 0 Å². The molecule has 2 unspecified atom stereocenters. The number of aliphatic hydroxyl groups excluding tert-OH is 1. The summed E-state index contributed by atoms with van der Waals surface area (Å²) >= 11 is 0. The third kappa shape index (κ3) is 5.15. The van der Waals surface area contributed by atoms with Gasteiger partial charge in [0.2, 0.25) is 0 Å². The smallest absolute Gasteiger partial charge is 0.409 e. The van der Waals surface area contributed by atoms with Crippen molar-refractivity contribution in [1.29, 1.82) is 0 Å². The number of aliphatic hydroxyl groups is 1. The molecule has 2 atom stereocenters. The van der Waals surface area contributed by atoms with Gasteiger partial charge in [-0.3, -0.25) is 0 Å². The van der Waals surface area contributed by atoms with Crippen molar-refractivity contribution in [1.82, 2.24) is 10.2 Å². The van der Waals surface area contributed by atoms with Gasteiger partial charge in [-0.05, 0) is 50.5 Å². The number of nitrogens with zero attached hydrogens (tertiary/aromatic N) is 1. The van der Waals surface area contributed by atoms with E-state index >= 15 is 0 Å². The van der Waals surface area contributed by atoms with Gasteiger partial charge in [0.25, 0.3) is 0 Å². The van der Waals surface area contributed by atoms with Gasteiger partial charge in [0.15, 0.2) is 0 Å². The molecule has 2 fully saturated rings. The van der Waals surface area contributed by atoms with Crippen molar-refractivity contribution in [3.05, 3.63) is 0 Å². The molecule has 5 heteroatoms. The number of ether oxygens (including phenoxy) is 1. The van der Waals surface area contributed by atoms with Gasteiger partial charge >= 0.3 is 6.09 Å². The Hall–Kier alpha value is -0.810. The van der Waals surface area contributed by atoms with E-state index in [0.29, 0.717) is 12.0 Å². The number of carbonyl (C=O) groups is 1. The normalized spacial score (nSPS) is 27.0. The van der Waals surface area contributed by atoms with Crippen molar-refractivity contribution < 1.29 is 14.6 Å². The predicted molar refractivity (Wildman–Crippen MR) is 82.2 cm³/mol. The number of methoxy groups -OCH3 is 1. The van der Waals surface area contributed by atoms with E-state index in [0.717, 1.165) is 44.8 Å². The average molecular weight is 298 g/mol. The van der Waals surface area contributed by atoms with Crippen LogP contribution in [0, 0.1) is 11.8 Å². The van der Waals surface area contributed by atoms with E-state index < -0.39 is 0 Å². The fourth-order valence-corrected chi connectivity index (χ4v) is 3.77. The van der Waals surface area contributed by atoms with Crippen LogP contribution in [0.5, 0.6) is 0 Å². The summed E-state index contributed by atoms with van der Waals surface area (Å²) in [5.41, 5.74) is 0. The SMILES string of the molecule is COC(=O)N1CC(CCCO)CC(NCC2CCCC2)C1. The van der Waals surface area contributed by atoms with Crippen LogP contribution in [0.1, 0.15) is 44.9 Å².